The molecule has 0 bridgehead atoms. The van der Waals surface area contributed by atoms with E-state index in [0.717, 1.165) is 6.42 Å². The van der Waals surface area contributed by atoms with E-state index in [4.69, 9.17) is 0 Å². The highest BCUT2D eigenvalue weighted by Crippen LogP contribution is 2.38. The van der Waals surface area contributed by atoms with Gasteiger partial charge in [-0.25, -0.2) is 0 Å². The first-order valence-electron chi connectivity index (χ1n) is 8.15. The first-order chi connectivity index (χ1) is 10.4. The molecule has 0 amide bonds. The molecule has 2 N–H and O–H groups in total. The highest BCUT2D eigenvalue weighted by Gasteiger charge is 2.25. The summed E-state index contributed by atoms with van der Waals surface area (Å²) in [6.07, 6.45) is 1.10. The highest BCUT2D eigenvalue weighted by atomic mass is 15.0. The van der Waals surface area contributed by atoms with Crippen LogP contribution in [0, 0.1) is 27.7 Å². The molecule has 116 valence electrons. The van der Waals surface area contributed by atoms with Gasteiger partial charge in [0, 0.05) is 17.4 Å². The smallest absolute Gasteiger partial charge is 0.0553 e. The minimum Gasteiger partial charge on any atom is -0.382 e. The Hall–Kier alpha value is -1.96. The van der Waals surface area contributed by atoms with Crippen molar-refractivity contribution in [3.63, 3.8) is 0 Å². The monoisotopic (exact) mass is 294 g/mol. The van der Waals surface area contributed by atoms with Gasteiger partial charge in [-0.2, -0.15) is 0 Å². The minimum atomic E-state index is 0.367. The second-order valence-electron chi connectivity index (χ2n) is 6.84. The summed E-state index contributed by atoms with van der Waals surface area (Å²) in [6, 6.07) is 12.1. The number of benzene rings is 2. The lowest BCUT2D eigenvalue weighted by molar-refractivity contribution is 0.598. The molecule has 2 nitrogen and oxygen atoms in total. The molecule has 2 heteroatoms. The van der Waals surface area contributed by atoms with Gasteiger partial charge < -0.3 is 10.6 Å². The third-order valence-corrected chi connectivity index (χ3v) is 4.58. The quantitative estimate of drug-likeness (QED) is 0.787. The van der Waals surface area contributed by atoms with Crippen LogP contribution in [0.1, 0.15) is 47.2 Å². The molecule has 0 saturated heterocycles. The summed E-state index contributed by atoms with van der Waals surface area (Å²) >= 11 is 0. The molecule has 3 rings (SSSR count). The Kier molecular flexibility index (Phi) is 3.86. The largest absolute Gasteiger partial charge is 0.382 e. The number of nitrogens with one attached hydrogen (secondary N) is 2. The predicted molar refractivity (Wildman–Crippen MR) is 95.9 cm³/mol. The van der Waals surface area contributed by atoms with Gasteiger partial charge in [-0.05, 0) is 63.8 Å². The molecule has 22 heavy (non-hydrogen) atoms. The van der Waals surface area contributed by atoms with Crippen LogP contribution in [0.15, 0.2) is 30.3 Å². The maximum atomic E-state index is 3.78. The Bertz CT molecular complexity index is 703. The van der Waals surface area contributed by atoms with Crippen LogP contribution in [0.3, 0.4) is 0 Å². The van der Waals surface area contributed by atoms with E-state index in [-0.39, 0.29) is 0 Å². The van der Waals surface area contributed by atoms with Crippen LogP contribution in [0.4, 0.5) is 11.4 Å². The van der Waals surface area contributed by atoms with Crippen molar-refractivity contribution in [2.45, 2.75) is 53.1 Å². The molecule has 2 atom stereocenters. The molecule has 0 saturated carbocycles. The lowest BCUT2D eigenvalue weighted by Gasteiger charge is -2.34. The fourth-order valence-electron chi connectivity index (χ4n) is 3.56. The van der Waals surface area contributed by atoms with Crippen LogP contribution >= 0.6 is 0 Å². The Morgan fingerprint density at radius 2 is 1.68 bits per heavy atom. The number of rotatable bonds is 2. The minimum absolute atomic E-state index is 0.367. The van der Waals surface area contributed by atoms with E-state index in [1.165, 1.54) is 39.2 Å². The number of anilines is 2. The van der Waals surface area contributed by atoms with E-state index in [0.29, 0.717) is 12.1 Å². The molecule has 0 spiro atoms. The summed E-state index contributed by atoms with van der Waals surface area (Å²) in [6.45, 7) is 11.0. The lowest BCUT2D eigenvalue weighted by atomic mass is 9.89. The van der Waals surface area contributed by atoms with Crippen LogP contribution in [0.5, 0.6) is 0 Å². The summed E-state index contributed by atoms with van der Waals surface area (Å²) in [5.41, 5.74) is 9.26. The van der Waals surface area contributed by atoms with Crippen molar-refractivity contribution in [3.8, 4) is 0 Å². The van der Waals surface area contributed by atoms with Gasteiger partial charge in [0.25, 0.3) is 0 Å². The van der Waals surface area contributed by atoms with Gasteiger partial charge in [0.1, 0.15) is 0 Å². The zero-order valence-electron chi connectivity index (χ0n) is 14.2. The van der Waals surface area contributed by atoms with Crippen LogP contribution in [0.2, 0.25) is 0 Å². The molecular weight excluding hydrogens is 268 g/mol. The van der Waals surface area contributed by atoms with Crippen molar-refractivity contribution in [1.29, 1.82) is 0 Å². The highest BCUT2D eigenvalue weighted by molar-refractivity contribution is 5.64. The summed E-state index contributed by atoms with van der Waals surface area (Å²) in [7, 11) is 0. The van der Waals surface area contributed by atoms with E-state index in [2.05, 4.69) is 75.6 Å². The van der Waals surface area contributed by atoms with E-state index in [9.17, 15) is 0 Å². The van der Waals surface area contributed by atoms with Crippen molar-refractivity contribution in [2.75, 3.05) is 10.6 Å². The molecule has 0 radical (unpaired) electrons. The molecule has 1 heterocycles. The van der Waals surface area contributed by atoms with Crippen LogP contribution in [-0.2, 0) is 0 Å². The number of fused-ring (bicyclic) bond motifs is 1. The van der Waals surface area contributed by atoms with Crippen LogP contribution in [-0.4, -0.2) is 6.04 Å². The molecule has 0 aliphatic carbocycles. The third kappa shape index (κ3) is 2.83. The summed E-state index contributed by atoms with van der Waals surface area (Å²) in [5, 5.41) is 7.43. The van der Waals surface area contributed by atoms with E-state index < -0.39 is 0 Å². The molecule has 2 aromatic carbocycles. The Morgan fingerprint density at radius 3 is 2.41 bits per heavy atom. The zero-order valence-corrected chi connectivity index (χ0v) is 14.2. The van der Waals surface area contributed by atoms with Gasteiger partial charge in [0.2, 0.25) is 0 Å². The van der Waals surface area contributed by atoms with Gasteiger partial charge in [-0.15, -0.1) is 0 Å². The molecule has 1 aliphatic heterocycles. The third-order valence-electron chi connectivity index (χ3n) is 4.58. The lowest BCUT2D eigenvalue weighted by Crippen LogP contribution is -2.29. The van der Waals surface area contributed by atoms with Crippen LogP contribution in [0.25, 0.3) is 0 Å². The maximum absolute atomic E-state index is 3.78. The zero-order chi connectivity index (χ0) is 15.9. The topological polar surface area (TPSA) is 24.1 Å². The van der Waals surface area contributed by atoms with E-state index in [1.54, 1.807) is 0 Å². The van der Waals surface area contributed by atoms with E-state index in [1.807, 2.05) is 0 Å². The fourth-order valence-corrected chi connectivity index (χ4v) is 3.56. The molecule has 2 unspecified atom stereocenters. The number of aryl methyl sites for hydroxylation is 4. The Balaban J connectivity index is 1.98. The van der Waals surface area contributed by atoms with Gasteiger partial charge >= 0.3 is 0 Å². The first-order valence-corrected chi connectivity index (χ1v) is 8.15. The molecule has 2 aromatic rings. The molecule has 0 fully saturated rings. The van der Waals surface area contributed by atoms with Crippen molar-refractivity contribution < 1.29 is 0 Å². The summed E-state index contributed by atoms with van der Waals surface area (Å²) in [5.74, 6) is 0. The Labute approximate surface area is 134 Å². The molecule has 0 aromatic heterocycles. The second kappa shape index (κ2) is 5.68. The van der Waals surface area contributed by atoms with Crippen molar-refractivity contribution in [2.24, 2.45) is 0 Å². The van der Waals surface area contributed by atoms with Gasteiger partial charge in [-0.1, -0.05) is 35.4 Å². The van der Waals surface area contributed by atoms with Gasteiger partial charge in [-0.3, -0.25) is 0 Å². The van der Waals surface area contributed by atoms with Gasteiger partial charge in [0.15, 0.2) is 0 Å². The normalized spacial score (nSPS) is 20.2. The van der Waals surface area contributed by atoms with Crippen molar-refractivity contribution in [3.05, 3.63) is 58.1 Å². The SMILES string of the molecule is Cc1ccc(NC2CC(C)Nc3c(C)cc(C)cc32)c(C)c1. The average Bonchev–Trinajstić information content (AvgIpc) is 2.43. The summed E-state index contributed by atoms with van der Waals surface area (Å²) in [4.78, 5) is 0. The average molecular weight is 294 g/mol. The standard InChI is InChI=1S/C20H26N2/c1-12-6-7-18(14(3)8-12)22-19-11-16(5)21-20-15(4)9-13(2)10-17(19)20/h6-10,16,19,21-22H,11H2,1-5H3. The molecular formula is C20H26N2. The van der Waals surface area contributed by atoms with Crippen molar-refractivity contribution in [1.82, 2.24) is 0 Å². The van der Waals surface area contributed by atoms with E-state index >= 15 is 0 Å². The van der Waals surface area contributed by atoms with Crippen LogP contribution < -0.4 is 10.6 Å². The Morgan fingerprint density at radius 1 is 0.955 bits per heavy atom. The predicted octanol–water partition coefficient (Wildman–Crippen LogP) is 5.28. The summed E-state index contributed by atoms with van der Waals surface area (Å²) < 4.78 is 0. The number of hydrogen-bond acceptors (Lipinski definition) is 2. The molecule has 1 aliphatic rings. The van der Waals surface area contributed by atoms with Crippen molar-refractivity contribution >= 4 is 11.4 Å². The van der Waals surface area contributed by atoms with Gasteiger partial charge in [0.05, 0.1) is 6.04 Å². The maximum Gasteiger partial charge on any atom is 0.0553 e. The first kappa shape index (κ1) is 15.0. The fraction of sp³-hybridized carbons (Fsp3) is 0.400. The number of hydrogen-bond donors (Lipinski definition) is 2. The second-order valence-corrected chi connectivity index (χ2v) is 6.84.